The average molecular weight is 444 g/mol. The SMILES string of the molecule is O=CCC1CN(S(=O)(=O)c2cccc(C(F)(F)F)c2)c2cc(NC(=O)O)ccc2O1. The molecule has 1 aliphatic rings. The van der Waals surface area contributed by atoms with Crippen molar-refractivity contribution in [2.24, 2.45) is 0 Å². The Morgan fingerprint density at radius 2 is 2.00 bits per heavy atom. The molecule has 0 fully saturated rings. The number of fused-ring (bicyclic) bond motifs is 1. The fourth-order valence-corrected chi connectivity index (χ4v) is 4.48. The molecule has 0 aliphatic carbocycles. The number of ether oxygens (including phenoxy) is 1. The lowest BCUT2D eigenvalue weighted by Crippen LogP contribution is -2.43. The molecule has 1 atom stereocenters. The van der Waals surface area contributed by atoms with Crippen molar-refractivity contribution in [3.8, 4) is 5.75 Å². The largest absolute Gasteiger partial charge is 0.486 e. The quantitative estimate of drug-likeness (QED) is 0.684. The number of sulfonamides is 1. The van der Waals surface area contributed by atoms with Crippen molar-refractivity contribution >= 4 is 33.8 Å². The summed E-state index contributed by atoms with van der Waals surface area (Å²) >= 11 is 0. The summed E-state index contributed by atoms with van der Waals surface area (Å²) in [7, 11) is -4.49. The number of aldehydes is 1. The third-order valence-corrected chi connectivity index (χ3v) is 6.03. The molecule has 1 aliphatic heterocycles. The van der Waals surface area contributed by atoms with Gasteiger partial charge in [-0.25, -0.2) is 13.2 Å². The maximum atomic E-state index is 13.2. The van der Waals surface area contributed by atoms with Gasteiger partial charge in [-0.15, -0.1) is 0 Å². The molecule has 8 nitrogen and oxygen atoms in total. The Hall–Kier alpha value is -3.28. The van der Waals surface area contributed by atoms with Crippen LogP contribution >= 0.6 is 0 Å². The standard InChI is InChI=1S/C18H15F3N2O6S/c19-18(20,21)11-2-1-3-14(8-11)30(27,28)23-10-13(6-7-24)29-16-5-4-12(9-15(16)23)22-17(25)26/h1-5,7-9,13,22H,6,10H2,(H,25,26). The van der Waals surface area contributed by atoms with Gasteiger partial charge >= 0.3 is 12.3 Å². The topological polar surface area (TPSA) is 113 Å². The zero-order chi connectivity index (χ0) is 22.1. The minimum Gasteiger partial charge on any atom is -0.486 e. The van der Waals surface area contributed by atoms with Crippen LogP contribution in [0.1, 0.15) is 12.0 Å². The van der Waals surface area contributed by atoms with Gasteiger partial charge in [-0.2, -0.15) is 13.2 Å². The number of anilines is 2. The van der Waals surface area contributed by atoms with Crippen molar-refractivity contribution in [3.63, 3.8) is 0 Å². The number of benzene rings is 2. The second-order valence-electron chi connectivity index (χ2n) is 6.32. The Labute approximate surface area is 168 Å². The van der Waals surface area contributed by atoms with E-state index in [0.717, 1.165) is 22.5 Å². The Morgan fingerprint density at radius 1 is 1.27 bits per heavy atom. The van der Waals surface area contributed by atoms with E-state index < -0.39 is 38.9 Å². The molecule has 2 N–H and O–H groups in total. The first-order chi connectivity index (χ1) is 14.0. The first-order valence-electron chi connectivity index (χ1n) is 8.46. The summed E-state index contributed by atoms with van der Waals surface area (Å²) in [5.74, 6) is 0.0413. The molecule has 0 bridgehead atoms. The third kappa shape index (κ3) is 4.32. The fourth-order valence-electron chi connectivity index (χ4n) is 2.93. The molecule has 0 saturated heterocycles. The van der Waals surface area contributed by atoms with E-state index in [0.29, 0.717) is 12.4 Å². The van der Waals surface area contributed by atoms with Gasteiger partial charge in [0, 0.05) is 12.1 Å². The number of hydrogen-bond acceptors (Lipinski definition) is 5. The van der Waals surface area contributed by atoms with Crippen LogP contribution in [0.5, 0.6) is 5.75 Å². The predicted octanol–water partition coefficient (Wildman–Crippen LogP) is 3.34. The average Bonchev–Trinajstić information content (AvgIpc) is 2.67. The Balaban J connectivity index is 2.11. The zero-order valence-corrected chi connectivity index (χ0v) is 15.9. The van der Waals surface area contributed by atoms with Crippen molar-refractivity contribution in [2.75, 3.05) is 16.2 Å². The number of carbonyl (C=O) groups is 2. The highest BCUT2D eigenvalue weighted by Gasteiger charge is 2.37. The summed E-state index contributed by atoms with van der Waals surface area (Å²) < 4.78 is 71.9. The normalized spacial score (nSPS) is 16.4. The molecule has 160 valence electrons. The number of rotatable bonds is 5. The van der Waals surface area contributed by atoms with Crippen molar-refractivity contribution in [1.82, 2.24) is 0 Å². The third-order valence-electron chi connectivity index (χ3n) is 4.25. The summed E-state index contributed by atoms with van der Waals surface area (Å²) in [4.78, 5) is 21.2. The van der Waals surface area contributed by atoms with Crippen molar-refractivity contribution in [3.05, 3.63) is 48.0 Å². The molecule has 30 heavy (non-hydrogen) atoms. The maximum absolute atomic E-state index is 13.2. The lowest BCUT2D eigenvalue weighted by Gasteiger charge is -2.35. The van der Waals surface area contributed by atoms with E-state index in [2.05, 4.69) is 5.32 Å². The van der Waals surface area contributed by atoms with Crippen molar-refractivity contribution < 1.29 is 41.0 Å². The number of halogens is 3. The highest BCUT2D eigenvalue weighted by Crippen LogP contribution is 2.40. The number of nitrogens with one attached hydrogen (secondary N) is 1. The summed E-state index contributed by atoms with van der Waals surface area (Å²) in [5, 5.41) is 10.9. The summed E-state index contributed by atoms with van der Waals surface area (Å²) in [6, 6.07) is 7.08. The van der Waals surface area contributed by atoms with Crippen LogP contribution in [-0.2, 0) is 21.0 Å². The van der Waals surface area contributed by atoms with Crippen LogP contribution in [0, 0.1) is 0 Å². The highest BCUT2D eigenvalue weighted by atomic mass is 32.2. The van der Waals surface area contributed by atoms with Gasteiger partial charge in [0.25, 0.3) is 10.0 Å². The molecule has 2 aromatic rings. The van der Waals surface area contributed by atoms with Crippen LogP contribution in [0.15, 0.2) is 47.4 Å². The molecule has 0 aromatic heterocycles. The second-order valence-corrected chi connectivity index (χ2v) is 8.18. The van der Waals surface area contributed by atoms with E-state index in [-0.39, 0.29) is 30.1 Å². The minimum atomic E-state index is -4.74. The first-order valence-corrected chi connectivity index (χ1v) is 9.90. The molecule has 12 heteroatoms. The van der Waals surface area contributed by atoms with E-state index in [1.807, 2.05) is 0 Å². The Morgan fingerprint density at radius 3 is 2.63 bits per heavy atom. The lowest BCUT2D eigenvalue weighted by atomic mass is 10.2. The van der Waals surface area contributed by atoms with E-state index in [1.54, 1.807) is 0 Å². The molecule has 0 saturated carbocycles. The van der Waals surface area contributed by atoms with Gasteiger partial charge in [-0.05, 0) is 36.4 Å². The van der Waals surface area contributed by atoms with Gasteiger partial charge in [-0.1, -0.05) is 6.07 Å². The number of carbonyl (C=O) groups excluding carboxylic acids is 1. The Bertz CT molecular complexity index is 1090. The molecule has 2 aromatic carbocycles. The van der Waals surface area contributed by atoms with Crippen LogP contribution in [-0.4, -0.2) is 38.6 Å². The number of alkyl halides is 3. The van der Waals surface area contributed by atoms with Crippen molar-refractivity contribution in [2.45, 2.75) is 23.6 Å². The molecular formula is C18H15F3N2O6S. The van der Waals surface area contributed by atoms with Gasteiger partial charge < -0.3 is 14.6 Å². The van der Waals surface area contributed by atoms with Crippen LogP contribution in [0.4, 0.5) is 29.3 Å². The molecule has 0 radical (unpaired) electrons. The number of nitrogens with zero attached hydrogens (tertiary/aromatic N) is 1. The molecule has 1 amide bonds. The number of hydrogen-bond donors (Lipinski definition) is 2. The molecule has 1 heterocycles. The first kappa shape index (κ1) is 21.4. The van der Waals surface area contributed by atoms with Crippen LogP contribution in [0.3, 0.4) is 0 Å². The fraction of sp³-hybridized carbons (Fsp3) is 0.222. The maximum Gasteiger partial charge on any atom is 0.416 e. The van der Waals surface area contributed by atoms with Crippen LogP contribution in [0.2, 0.25) is 0 Å². The van der Waals surface area contributed by atoms with E-state index in [9.17, 15) is 31.2 Å². The number of carboxylic acid groups (broad SMARTS) is 1. The smallest absolute Gasteiger partial charge is 0.416 e. The van der Waals surface area contributed by atoms with Crippen LogP contribution < -0.4 is 14.4 Å². The van der Waals surface area contributed by atoms with E-state index in [1.165, 1.54) is 18.2 Å². The molecule has 1 unspecified atom stereocenters. The lowest BCUT2D eigenvalue weighted by molar-refractivity contribution is -0.137. The van der Waals surface area contributed by atoms with Gasteiger partial charge in [-0.3, -0.25) is 9.62 Å². The Kier molecular flexibility index (Phi) is 5.61. The predicted molar refractivity (Wildman–Crippen MR) is 99.2 cm³/mol. The molecule has 3 rings (SSSR count). The van der Waals surface area contributed by atoms with Gasteiger partial charge in [0.2, 0.25) is 0 Å². The second kappa shape index (κ2) is 7.86. The van der Waals surface area contributed by atoms with Gasteiger partial charge in [0.1, 0.15) is 18.1 Å². The summed E-state index contributed by atoms with van der Waals surface area (Å²) in [5.41, 5.74) is -1.17. The van der Waals surface area contributed by atoms with Crippen LogP contribution in [0.25, 0.3) is 0 Å². The number of amides is 1. The van der Waals surface area contributed by atoms with E-state index in [4.69, 9.17) is 9.84 Å². The zero-order valence-electron chi connectivity index (χ0n) is 15.1. The van der Waals surface area contributed by atoms with Gasteiger partial charge in [0.15, 0.2) is 0 Å². The van der Waals surface area contributed by atoms with Crippen molar-refractivity contribution in [1.29, 1.82) is 0 Å². The minimum absolute atomic E-state index is 0.0305. The molecular weight excluding hydrogens is 429 g/mol. The highest BCUT2D eigenvalue weighted by molar-refractivity contribution is 7.92. The summed E-state index contributed by atoms with van der Waals surface area (Å²) in [6.07, 6.45) is -6.62. The summed E-state index contributed by atoms with van der Waals surface area (Å²) in [6.45, 7) is -0.346. The van der Waals surface area contributed by atoms with E-state index >= 15 is 0 Å². The molecule has 0 spiro atoms. The van der Waals surface area contributed by atoms with Gasteiger partial charge in [0.05, 0.1) is 22.7 Å². The monoisotopic (exact) mass is 444 g/mol.